The number of β-amino-alcohol motifs (C(OH)–C–C–N with tert-alkyl or cyclic N) is 1. The Morgan fingerprint density at radius 2 is 2.06 bits per heavy atom. The third-order valence-electron chi connectivity index (χ3n) is 5.08. The average molecular weight is 446 g/mol. The quantitative estimate of drug-likeness (QED) is 0.275. The van der Waals surface area contributed by atoms with Crippen LogP contribution in [0.1, 0.15) is 21.9 Å². The van der Waals surface area contributed by atoms with E-state index < -0.39 is 23.4 Å². The lowest BCUT2D eigenvalue weighted by Crippen LogP contribution is -2.29. The molecule has 1 aliphatic heterocycles. The molecule has 0 saturated carbocycles. The summed E-state index contributed by atoms with van der Waals surface area (Å²) in [6.07, 6.45) is 0.0161. The maximum Gasteiger partial charge on any atom is 0.282 e. The van der Waals surface area contributed by atoms with Gasteiger partial charge < -0.3 is 21.2 Å². The Morgan fingerprint density at radius 1 is 1.32 bits per heavy atom. The standard InChI is InChI=1S/C20H20F2N6O2S/c1-9-18(31-19(25-9)20(30)28-6-5-10(29)8-28)14-4-2-3-13(26-14)11-7-12(21)17(27-24)16(23)15(11)22/h2-4,7,10,27,29H,5-6,8,23-24H2,1H3. The van der Waals surface area contributed by atoms with Gasteiger partial charge in [-0.1, -0.05) is 6.07 Å². The second-order valence-corrected chi connectivity index (χ2v) is 8.19. The fourth-order valence-electron chi connectivity index (χ4n) is 3.48. The highest BCUT2D eigenvalue weighted by Gasteiger charge is 2.28. The van der Waals surface area contributed by atoms with Crippen LogP contribution >= 0.6 is 11.3 Å². The third-order valence-corrected chi connectivity index (χ3v) is 6.25. The fourth-order valence-corrected chi connectivity index (χ4v) is 4.48. The van der Waals surface area contributed by atoms with Gasteiger partial charge in [-0.15, -0.1) is 11.3 Å². The molecule has 3 aromatic rings. The van der Waals surface area contributed by atoms with Crippen molar-refractivity contribution in [2.75, 3.05) is 24.2 Å². The van der Waals surface area contributed by atoms with E-state index in [9.17, 15) is 18.7 Å². The van der Waals surface area contributed by atoms with E-state index in [1.807, 2.05) is 5.43 Å². The number of aliphatic hydroxyl groups is 1. The van der Waals surface area contributed by atoms with Crippen molar-refractivity contribution in [2.45, 2.75) is 19.4 Å². The van der Waals surface area contributed by atoms with Crippen LogP contribution in [0.4, 0.5) is 20.2 Å². The van der Waals surface area contributed by atoms with Gasteiger partial charge in [-0.2, -0.15) is 0 Å². The van der Waals surface area contributed by atoms with E-state index in [2.05, 4.69) is 9.97 Å². The Hall–Kier alpha value is -3.15. The minimum atomic E-state index is -0.844. The smallest absolute Gasteiger partial charge is 0.282 e. The molecule has 3 heterocycles. The minimum absolute atomic E-state index is 0.111. The Kier molecular flexibility index (Phi) is 5.56. The normalized spacial score (nSPS) is 16.0. The molecule has 0 aliphatic carbocycles. The van der Waals surface area contributed by atoms with Crippen LogP contribution in [-0.4, -0.2) is 45.1 Å². The van der Waals surface area contributed by atoms with Gasteiger partial charge in [0.25, 0.3) is 5.91 Å². The highest BCUT2D eigenvalue weighted by molar-refractivity contribution is 7.17. The lowest BCUT2D eigenvalue weighted by molar-refractivity contribution is 0.0764. The molecule has 11 heteroatoms. The topological polar surface area (TPSA) is 130 Å². The van der Waals surface area contributed by atoms with Crippen molar-refractivity contribution in [2.24, 2.45) is 5.84 Å². The van der Waals surface area contributed by atoms with Gasteiger partial charge in [0.2, 0.25) is 0 Å². The first-order chi connectivity index (χ1) is 14.8. The van der Waals surface area contributed by atoms with E-state index in [0.29, 0.717) is 29.2 Å². The molecule has 0 radical (unpaired) electrons. The number of likely N-dealkylation sites (tertiary alicyclic amines) is 1. The molecule has 4 rings (SSSR count). The van der Waals surface area contributed by atoms with E-state index in [1.165, 1.54) is 6.07 Å². The predicted octanol–water partition coefficient (Wildman–Crippen LogP) is 2.53. The Balaban J connectivity index is 1.70. The van der Waals surface area contributed by atoms with Crippen LogP contribution in [0.2, 0.25) is 0 Å². The van der Waals surface area contributed by atoms with Crippen LogP contribution in [0.3, 0.4) is 0 Å². The summed E-state index contributed by atoms with van der Waals surface area (Å²) >= 11 is 1.16. The average Bonchev–Trinajstić information content (AvgIpc) is 3.36. The van der Waals surface area contributed by atoms with Crippen LogP contribution in [0.25, 0.3) is 21.8 Å². The SMILES string of the molecule is Cc1nc(C(=O)N2CCC(O)C2)sc1-c1cccc(-c2cc(F)c(NN)c(N)c2F)n1. The van der Waals surface area contributed by atoms with Crippen molar-refractivity contribution < 1.29 is 18.7 Å². The molecule has 31 heavy (non-hydrogen) atoms. The number of nitrogens with zero attached hydrogens (tertiary/aromatic N) is 3. The second-order valence-electron chi connectivity index (χ2n) is 7.19. The lowest BCUT2D eigenvalue weighted by atomic mass is 10.1. The number of hydrazine groups is 1. The molecule has 2 aromatic heterocycles. The number of carbonyl (C=O) groups is 1. The number of nitrogens with two attached hydrogens (primary N) is 2. The van der Waals surface area contributed by atoms with Crippen molar-refractivity contribution >= 4 is 28.6 Å². The van der Waals surface area contributed by atoms with Crippen LogP contribution in [0.5, 0.6) is 0 Å². The van der Waals surface area contributed by atoms with Crippen LogP contribution < -0.4 is 17.0 Å². The number of benzene rings is 1. The first-order valence-electron chi connectivity index (χ1n) is 9.46. The number of aliphatic hydroxyl groups excluding tert-OH is 1. The summed E-state index contributed by atoms with van der Waals surface area (Å²) in [5.41, 5.74) is 8.05. The molecule has 1 saturated heterocycles. The molecule has 1 atom stereocenters. The van der Waals surface area contributed by atoms with E-state index in [1.54, 1.807) is 24.0 Å². The number of hydrogen-bond donors (Lipinski definition) is 4. The molecular formula is C20H20F2N6O2S. The zero-order valence-electron chi connectivity index (χ0n) is 16.5. The maximum atomic E-state index is 14.7. The minimum Gasteiger partial charge on any atom is -0.395 e. The highest BCUT2D eigenvalue weighted by Crippen LogP contribution is 2.35. The van der Waals surface area contributed by atoms with Crippen LogP contribution in [0, 0.1) is 18.6 Å². The van der Waals surface area contributed by atoms with Gasteiger partial charge in [-0.05, 0) is 31.5 Å². The number of rotatable bonds is 4. The summed E-state index contributed by atoms with van der Waals surface area (Å²) in [6.45, 7) is 2.50. The molecule has 1 aliphatic rings. The first kappa shape index (κ1) is 21.1. The van der Waals surface area contributed by atoms with Gasteiger partial charge in [-0.3, -0.25) is 10.6 Å². The number of aryl methyl sites for hydroxylation is 1. The zero-order valence-corrected chi connectivity index (χ0v) is 17.3. The van der Waals surface area contributed by atoms with Crippen molar-refractivity contribution in [3.05, 3.63) is 46.6 Å². The van der Waals surface area contributed by atoms with E-state index in [-0.39, 0.29) is 34.4 Å². The summed E-state index contributed by atoms with van der Waals surface area (Å²) in [5.74, 6) is 3.30. The van der Waals surface area contributed by atoms with Crippen molar-refractivity contribution in [3.8, 4) is 21.8 Å². The monoisotopic (exact) mass is 446 g/mol. The van der Waals surface area contributed by atoms with Gasteiger partial charge in [0, 0.05) is 18.7 Å². The Labute approximate surface area is 180 Å². The molecule has 1 amide bonds. The molecule has 6 N–H and O–H groups in total. The lowest BCUT2D eigenvalue weighted by Gasteiger charge is -2.13. The number of amides is 1. The molecule has 1 unspecified atom stereocenters. The number of nitrogens with one attached hydrogen (secondary N) is 1. The summed E-state index contributed by atoms with van der Waals surface area (Å²) in [7, 11) is 0. The molecular weight excluding hydrogens is 426 g/mol. The van der Waals surface area contributed by atoms with Gasteiger partial charge in [0.15, 0.2) is 16.6 Å². The Morgan fingerprint density at radius 3 is 2.74 bits per heavy atom. The number of carbonyl (C=O) groups excluding carboxylic acids is 1. The van der Waals surface area contributed by atoms with Crippen molar-refractivity contribution in [1.82, 2.24) is 14.9 Å². The van der Waals surface area contributed by atoms with Crippen molar-refractivity contribution in [1.29, 1.82) is 0 Å². The van der Waals surface area contributed by atoms with Crippen LogP contribution in [-0.2, 0) is 0 Å². The van der Waals surface area contributed by atoms with E-state index in [4.69, 9.17) is 11.6 Å². The molecule has 0 spiro atoms. The van der Waals surface area contributed by atoms with Gasteiger partial charge in [0.1, 0.15) is 5.69 Å². The fraction of sp³-hybridized carbons (Fsp3) is 0.250. The number of halogens is 2. The second kappa shape index (κ2) is 8.17. The predicted molar refractivity (Wildman–Crippen MR) is 114 cm³/mol. The molecule has 8 nitrogen and oxygen atoms in total. The van der Waals surface area contributed by atoms with Gasteiger partial charge >= 0.3 is 0 Å². The Bertz CT molecular complexity index is 1170. The molecule has 1 aromatic carbocycles. The van der Waals surface area contributed by atoms with Crippen LogP contribution in [0.15, 0.2) is 24.3 Å². The van der Waals surface area contributed by atoms with E-state index >= 15 is 0 Å². The number of aromatic nitrogens is 2. The molecule has 1 fully saturated rings. The summed E-state index contributed by atoms with van der Waals surface area (Å²) in [5, 5.41) is 9.95. The number of hydrogen-bond acceptors (Lipinski definition) is 8. The maximum absolute atomic E-state index is 14.7. The molecule has 0 bridgehead atoms. The highest BCUT2D eigenvalue weighted by atomic mass is 32.1. The number of pyridine rings is 1. The summed E-state index contributed by atoms with van der Waals surface area (Å²) < 4.78 is 29.0. The van der Waals surface area contributed by atoms with Gasteiger partial charge in [-0.25, -0.2) is 18.7 Å². The first-order valence-corrected chi connectivity index (χ1v) is 10.3. The summed E-state index contributed by atoms with van der Waals surface area (Å²) in [6, 6.07) is 5.85. The molecule has 162 valence electrons. The number of thiazole rings is 1. The zero-order chi connectivity index (χ0) is 22.3. The van der Waals surface area contributed by atoms with E-state index in [0.717, 1.165) is 17.4 Å². The van der Waals surface area contributed by atoms with Crippen molar-refractivity contribution in [3.63, 3.8) is 0 Å². The largest absolute Gasteiger partial charge is 0.395 e. The number of nitrogen functional groups attached to an aromatic ring is 2. The third kappa shape index (κ3) is 3.82. The van der Waals surface area contributed by atoms with Gasteiger partial charge in [0.05, 0.1) is 33.8 Å². The summed E-state index contributed by atoms with van der Waals surface area (Å²) in [4.78, 5) is 23.7. The number of anilines is 2.